The summed E-state index contributed by atoms with van der Waals surface area (Å²) in [5, 5.41) is 8.78. The number of nitrogens with one attached hydrogen (secondary N) is 1. The third-order valence-electron chi connectivity index (χ3n) is 6.71. The lowest BCUT2D eigenvalue weighted by Gasteiger charge is -2.48. The number of hydrogen-bond donors (Lipinski definition) is 2. The summed E-state index contributed by atoms with van der Waals surface area (Å²) in [6.45, 7) is 4.27. The summed E-state index contributed by atoms with van der Waals surface area (Å²) >= 11 is 0. The van der Waals surface area contributed by atoms with Gasteiger partial charge in [-0.05, 0) is 87.7 Å². The van der Waals surface area contributed by atoms with Crippen molar-refractivity contribution in [3.05, 3.63) is 41.5 Å². The van der Waals surface area contributed by atoms with Crippen molar-refractivity contribution in [1.82, 2.24) is 4.72 Å². The van der Waals surface area contributed by atoms with E-state index in [1.165, 1.54) is 25.7 Å². The van der Waals surface area contributed by atoms with Crippen LogP contribution in [0.4, 0.5) is 0 Å². The smallest absolute Gasteiger partial charge is 0.303 e. The summed E-state index contributed by atoms with van der Waals surface area (Å²) in [6.07, 6.45) is 10.8. The van der Waals surface area contributed by atoms with Gasteiger partial charge >= 0.3 is 5.97 Å². The number of fused-ring (bicyclic) bond motifs is 3. The monoisotopic (exact) mass is 419 g/mol. The molecule has 29 heavy (non-hydrogen) atoms. The van der Waals surface area contributed by atoms with Crippen LogP contribution in [-0.4, -0.2) is 26.0 Å². The number of carboxylic acid groups (broad SMARTS) is 1. The quantitative estimate of drug-likeness (QED) is 0.458. The highest BCUT2D eigenvalue weighted by molar-refractivity contribution is 7.89. The largest absolute Gasteiger partial charge is 0.481 e. The third kappa shape index (κ3) is 5.48. The summed E-state index contributed by atoms with van der Waals surface area (Å²) < 4.78 is 28.7. The maximum absolute atomic E-state index is 12.9. The fourth-order valence-corrected chi connectivity index (χ4v) is 6.53. The van der Waals surface area contributed by atoms with Crippen molar-refractivity contribution in [2.75, 3.05) is 6.54 Å². The molecule has 0 radical (unpaired) electrons. The number of aliphatic carboxylic acids is 1. The second-order valence-corrected chi connectivity index (χ2v) is 10.5. The second-order valence-electron chi connectivity index (χ2n) is 8.75. The molecule has 0 amide bonds. The molecule has 3 saturated carbocycles. The van der Waals surface area contributed by atoms with Gasteiger partial charge < -0.3 is 5.11 Å². The Bertz CT molecular complexity index is 854. The molecule has 0 spiro atoms. The first-order valence-electron chi connectivity index (χ1n) is 10.7. The number of hydrogen-bond acceptors (Lipinski definition) is 3. The SMILES string of the molecule is Cc1ccc(S(=O)(=O)NCC2C3CCC(CC3)C2/C=C\CCCC(=O)O)c(C)c1. The fraction of sp³-hybridized carbons (Fsp3) is 0.609. The van der Waals surface area contributed by atoms with E-state index in [1.807, 2.05) is 26.0 Å². The van der Waals surface area contributed by atoms with Crippen LogP contribution in [0.5, 0.6) is 0 Å². The lowest BCUT2D eigenvalue weighted by molar-refractivity contribution is -0.137. The van der Waals surface area contributed by atoms with E-state index in [4.69, 9.17) is 5.11 Å². The fourth-order valence-electron chi connectivity index (χ4n) is 5.23. The van der Waals surface area contributed by atoms with E-state index in [0.29, 0.717) is 41.5 Å². The van der Waals surface area contributed by atoms with E-state index in [9.17, 15) is 13.2 Å². The summed E-state index contributed by atoms with van der Waals surface area (Å²) in [5.74, 6) is 1.13. The van der Waals surface area contributed by atoms with Crippen molar-refractivity contribution >= 4 is 16.0 Å². The Balaban J connectivity index is 1.66. The van der Waals surface area contributed by atoms with Gasteiger partial charge in [-0.15, -0.1) is 0 Å². The Morgan fingerprint density at radius 1 is 1.17 bits per heavy atom. The van der Waals surface area contributed by atoms with Gasteiger partial charge in [0.15, 0.2) is 0 Å². The zero-order valence-electron chi connectivity index (χ0n) is 17.4. The van der Waals surface area contributed by atoms with Gasteiger partial charge in [0, 0.05) is 13.0 Å². The zero-order chi connectivity index (χ0) is 21.0. The van der Waals surface area contributed by atoms with Crippen molar-refractivity contribution in [3.8, 4) is 0 Å². The van der Waals surface area contributed by atoms with Crippen LogP contribution in [0.15, 0.2) is 35.2 Å². The predicted molar refractivity (Wildman–Crippen MR) is 114 cm³/mol. The molecule has 6 heteroatoms. The Morgan fingerprint density at radius 3 is 2.52 bits per heavy atom. The van der Waals surface area contributed by atoms with Gasteiger partial charge in [0.25, 0.3) is 0 Å². The van der Waals surface area contributed by atoms with E-state index in [-0.39, 0.29) is 6.42 Å². The van der Waals surface area contributed by atoms with E-state index in [1.54, 1.807) is 6.07 Å². The van der Waals surface area contributed by atoms with Crippen molar-refractivity contribution in [2.45, 2.75) is 63.7 Å². The van der Waals surface area contributed by atoms with Crippen LogP contribution in [-0.2, 0) is 14.8 Å². The van der Waals surface area contributed by atoms with Gasteiger partial charge in [0.05, 0.1) is 4.90 Å². The number of carboxylic acids is 1. The molecular weight excluding hydrogens is 386 g/mol. The molecule has 2 atom stereocenters. The second kappa shape index (κ2) is 9.43. The van der Waals surface area contributed by atoms with Crippen LogP contribution in [0.25, 0.3) is 0 Å². The van der Waals surface area contributed by atoms with Crippen LogP contribution in [0.2, 0.25) is 0 Å². The summed E-state index contributed by atoms with van der Waals surface area (Å²) in [7, 11) is -3.53. The average molecular weight is 420 g/mol. The number of sulfonamides is 1. The molecule has 0 aliphatic heterocycles. The van der Waals surface area contributed by atoms with Gasteiger partial charge in [-0.1, -0.05) is 29.8 Å². The minimum Gasteiger partial charge on any atom is -0.481 e. The number of carbonyl (C=O) groups is 1. The Morgan fingerprint density at radius 2 is 1.86 bits per heavy atom. The van der Waals surface area contributed by atoms with E-state index in [2.05, 4.69) is 16.9 Å². The first-order valence-corrected chi connectivity index (χ1v) is 12.2. The average Bonchev–Trinajstić information content (AvgIpc) is 2.67. The number of unbranched alkanes of at least 4 members (excludes halogenated alkanes) is 1. The van der Waals surface area contributed by atoms with Gasteiger partial charge in [0.1, 0.15) is 0 Å². The molecular formula is C23H33NO4S. The van der Waals surface area contributed by atoms with Crippen molar-refractivity contribution in [2.24, 2.45) is 23.7 Å². The standard InChI is InChI=1S/C23H33NO4S/c1-16-8-13-22(17(2)14-16)29(27,28)24-15-21-19-11-9-18(10-12-19)20(21)6-4-3-5-7-23(25)26/h4,6,8,13-14,18-21,24H,3,5,7,9-12,15H2,1-2H3,(H,25,26)/b6-4-. The van der Waals surface area contributed by atoms with Gasteiger partial charge in [-0.25, -0.2) is 13.1 Å². The third-order valence-corrected chi connectivity index (χ3v) is 8.29. The molecule has 0 heterocycles. The maximum atomic E-state index is 12.9. The first kappa shape index (κ1) is 22.0. The Hall–Kier alpha value is -1.66. The molecule has 4 rings (SSSR count). The Kier molecular flexibility index (Phi) is 7.17. The van der Waals surface area contributed by atoms with E-state index in [0.717, 1.165) is 17.5 Å². The molecule has 2 N–H and O–H groups in total. The minimum absolute atomic E-state index is 0.195. The lowest BCUT2D eigenvalue weighted by atomic mass is 9.58. The van der Waals surface area contributed by atoms with Crippen LogP contribution in [0.3, 0.4) is 0 Å². The molecule has 1 aromatic rings. The Labute approximate surface area is 174 Å². The van der Waals surface area contributed by atoms with Crippen LogP contribution in [0.1, 0.15) is 56.1 Å². The van der Waals surface area contributed by atoms with Crippen LogP contribution < -0.4 is 4.72 Å². The van der Waals surface area contributed by atoms with Gasteiger partial charge in [-0.2, -0.15) is 0 Å². The molecule has 3 aliphatic carbocycles. The number of rotatable bonds is 9. The summed E-state index contributed by atoms with van der Waals surface area (Å²) in [4.78, 5) is 11.0. The van der Waals surface area contributed by atoms with Gasteiger partial charge in [-0.3, -0.25) is 4.79 Å². The first-order chi connectivity index (χ1) is 13.8. The normalized spacial score (nSPS) is 26.8. The number of benzene rings is 1. The van der Waals surface area contributed by atoms with Crippen LogP contribution in [0, 0.1) is 37.5 Å². The molecule has 0 aromatic heterocycles. The predicted octanol–water partition coefficient (Wildman–Crippen LogP) is 4.45. The topological polar surface area (TPSA) is 83.5 Å². The van der Waals surface area contributed by atoms with Crippen LogP contribution >= 0.6 is 0 Å². The highest BCUT2D eigenvalue weighted by atomic mass is 32.2. The zero-order valence-corrected chi connectivity index (χ0v) is 18.2. The lowest BCUT2D eigenvalue weighted by Crippen LogP contribution is -2.45. The molecule has 0 saturated heterocycles. The molecule has 1 aromatic carbocycles. The maximum Gasteiger partial charge on any atom is 0.303 e. The number of allylic oxidation sites excluding steroid dienone is 2. The highest BCUT2D eigenvalue weighted by Gasteiger charge is 2.42. The molecule has 2 unspecified atom stereocenters. The molecule has 3 aliphatic rings. The molecule has 160 valence electrons. The summed E-state index contributed by atoms with van der Waals surface area (Å²) in [5.41, 5.74) is 1.83. The molecule has 3 fully saturated rings. The number of aryl methyl sites for hydroxylation is 2. The summed E-state index contributed by atoms with van der Waals surface area (Å²) in [6, 6.07) is 5.44. The minimum atomic E-state index is -3.53. The molecule has 2 bridgehead atoms. The van der Waals surface area contributed by atoms with E-state index < -0.39 is 16.0 Å². The van der Waals surface area contributed by atoms with Crippen molar-refractivity contribution < 1.29 is 18.3 Å². The van der Waals surface area contributed by atoms with E-state index >= 15 is 0 Å². The highest BCUT2D eigenvalue weighted by Crippen LogP contribution is 2.49. The van der Waals surface area contributed by atoms with Crippen molar-refractivity contribution in [3.63, 3.8) is 0 Å². The van der Waals surface area contributed by atoms with Crippen molar-refractivity contribution in [1.29, 1.82) is 0 Å². The molecule has 5 nitrogen and oxygen atoms in total. The van der Waals surface area contributed by atoms with Gasteiger partial charge in [0.2, 0.25) is 10.0 Å².